The number of halogens is 1. The summed E-state index contributed by atoms with van der Waals surface area (Å²) in [5.74, 6) is 2.05. The Morgan fingerprint density at radius 2 is 2.00 bits per heavy atom. The molecule has 0 aromatic heterocycles. The third-order valence-corrected chi connectivity index (χ3v) is 5.07. The lowest BCUT2D eigenvalue weighted by Crippen LogP contribution is -2.42. The summed E-state index contributed by atoms with van der Waals surface area (Å²) in [6.45, 7) is 10.3. The molecule has 0 amide bonds. The van der Waals surface area contributed by atoms with Crippen LogP contribution in [0.2, 0.25) is 0 Å². The molecule has 1 fully saturated rings. The molecule has 0 saturated heterocycles. The Morgan fingerprint density at radius 1 is 1.28 bits per heavy atom. The molecular weight excluding hydrogens is 429 g/mol. The lowest BCUT2D eigenvalue weighted by Gasteiger charge is -2.40. The summed E-state index contributed by atoms with van der Waals surface area (Å²) < 4.78 is 5.27. The maximum Gasteiger partial charge on any atom is 0.191 e. The van der Waals surface area contributed by atoms with Crippen LogP contribution in [0.25, 0.3) is 0 Å². The molecule has 0 heterocycles. The number of aliphatic hydroxyl groups is 1. The molecule has 0 aromatic carbocycles. The van der Waals surface area contributed by atoms with Crippen molar-refractivity contribution in [3.05, 3.63) is 0 Å². The summed E-state index contributed by atoms with van der Waals surface area (Å²) in [6.07, 6.45) is 6.93. The topological polar surface area (TPSA) is 65.9 Å². The highest BCUT2D eigenvalue weighted by molar-refractivity contribution is 14.0. The summed E-state index contributed by atoms with van der Waals surface area (Å²) >= 11 is 0. The standard InChI is InChI=1S/C19H39N3O2.HI/c1-5-20-18(21-14-17(7-11-23)13-16(2)3)22-15-19(8-6-9-19)10-12-24-4;/h16-17,23H,5-15H2,1-4H3,(H2,20,21,22);1H. The zero-order valence-corrected chi connectivity index (χ0v) is 19.0. The molecule has 1 saturated carbocycles. The number of nitrogens with zero attached hydrogens (tertiary/aromatic N) is 1. The van der Waals surface area contributed by atoms with Crippen molar-refractivity contribution in [3.8, 4) is 0 Å². The van der Waals surface area contributed by atoms with Crippen molar-refractivity contribution in [1.82, 2.24) is 10.6 Å². The minimum Gasteiger partial charge on any atom is -0.396 e. The first-order chi connectivity index (χ1) is 11.5. The van der Waals surface area contributed by atoms with E-state index in [-0.39, 0.29) is 30.6 Å². The molecule has 1 unspecified atom stereocenters. The zero-order valence-electron chi connectivity index (χ0n) is 16.6. The van der Waals surface area contributed by atoms with Gasteiger partial charge in [-0.25, -0.2) is 0 Å². The molecule has 0 radical (unpaired) electrons. The third kappa shape index (κ3) is 9.99. The van der Waals surface area contributed by atoms with E-state index >= 15 is 0 Å². The molecular formula is C19H40IN3O2. The van der Waals surface area contributed by atoms with Gasteiger partial charge in [0, 0.05) is 40.0 Å². The summed E-state index contributed by atoms with van der Waals surface area (Å²) in [6, 6.07) is 0. The van der Waals surface area contributed by atoms with E-state index in [2.05, 4.69) is 31.4 Å². The fourth-order valence-corrected chi connectivity index (χ4v) is 3.46. The fourth-order valence-electron chi connectivity index (χ4n) is 3.46. The van der Waals surface area contributed by atoms with Gasteiger partial charge in [0.2, 0.25) is 0 Å². The normalized spacial score (nSPS) is 17.6. The molecule has 3 N–H and O–H groups in total. The van der Waals surface area contributed by atoms with E-state index in [0.717, 1.165) is 51.5 Å². The van der Waals surface area contributed by atoms with E-state index in [1.165, 1.54) is 19.3 Å². The molecule has 0 aliphatic heterocycles. The van der Waals surface area contributed by atoms with Gasteiger partial charge in [0.25, 0.3) is 0 Å². The van der Waals surface area contributed by atoms with Gasteiger partial charge < -0.3 is 20.5 Å². The molecule has 0 bridgehead atoms. The highest BCUT2D eigenvalue weighted by atomic mass is 127. The SMILES string of the molecule is CCNC(=NCC1(CCOC)CCC1)NCC(CCO)CC(C)C.I. The number of rotatable bonds is 12. The third-order valence-electron chi connectivity index (χ3n) is 5.07. The number of aliphatic hydroxyl groups excluding tert-OH is 1. The van der Waals surface area contributed by atoms with Crippen LogP contribution in [0, 0.1) is 17.3 Å². The van der Waals surface area contributed by atoms with Crippen molar-refractivity contribution in [2.75, 3.05) is 40.0 Å². The highest BCUT2D eigenvalue weighted by Gasteiger charge is 2.36. The first-order valence-electron chi connectivity index (χ1n) is 9.67. The van der Waals surface area contributed by atoms with Crippen LogP contribution in [0.15, 0.2) is 4.99 Å². The fraction of sp³-hybridized carbons (Fsp3) is 0.947. The average molecular weight is 469 g/mol. The maximum atomic E-state index is 9.26. The molecule has 5 nitrogen and oxygen atoms in total. The largest absolute Gasteiger partial charge is 0.396 e. The van der Waals surface area contributed by atoms with Crippen molar-refractivity contribution in [2.24, 2.45) is 22.2 Å². The minimum absolute atomic E-state index is 0. The number of ether oxygens (including phenoxy) is 1. The smallest absolute Gasteiger partial charge is 0.191 e. The van der Waals surface area contributed by atoms with Gasteiger partial charge >= 0.3 is 0 Å². The molecule has 0 spiro atoms. The van der Waals surface area contributed by atoms with Gasteiger partial charge in [0.1, 0.15) is 0 Å². The van der Waals surface area contributed by atoms with Crippen LogP contribution in [0.1, 0.15) is 59.3 Å². The van der Waals surface area contributed by atoms with E-state index in [9.17, 15) is 5.11 Å². The van der Waals surface area contributed by atoms with E-state index in [1.54, 1.807) is 7.11 Å². The molecule has 6 heteroatoms. The molecule has 1 rings (SSSR count). The van der Waals surface area contributed by atoms with Gasteiger partial charge in [0.05, 0.1) is 0 Å². The second kappa shape index (κ2) is 14.0. The molecule has 1 atom stereocenters. The zero-order chi connectivity index (χ0) is 17.8. The summed E-state index contributed by atoms with van der Waals surface area (Å²) in [7, 11) is 1.78. The minimum atomic E-state index is 0. The Balaban J connectivity index is 0.00000576. The predicted octanol–water partition coefficient (Wildman–Crippen LogP) is 3.41. The molecule has 1 aliphatic carbocycles. The first-order valence-corrected chi connectivity index (χ1v) is 9.67. The number of aliphatic imine (C=N–C) groups is 1. The Hall–Kier alpha value is -0.0800. The molecule has 0 aromatic rings. The van der Waals surface area contributed by atoms with Gasteiger partial charge in [-0.1, -0.05) is 20.3 Å². The number of hydrogen-bond donors (Lipinski definition) is 3. The lowest BCUT2D eigenvalue weighted by atomic mass is 9.67. The van der Waals surface area contributed by atoms with Gasteiger partial charge in [0.15, 0.2) is 5.96 Å². The number of guanidine groups is 1. The summed E-state index contributed by atoms with van der Waals surface area (Å²) in [4.78, 5) is 4.85. The lowest BCUT2D eigenvalue weighted by molar-refractivity contribution is 0.0778. The molecule has 25 heavy (non-hydrogen) atoms. The Kier molecular flexibility index (Phi) is 14.0. The summed E-state index contributed by atoms with van der Waals surface area (Å²) in [5, 5.41) is 16.1. The van der Waals surface area contributed by atoms with Crippen LogP contribution in [0.5, 0.6) is 0 Å². The second-order valence-electron chi connectivity index (χ2n) is 7.68. The highest BCUT2D eigenvalue weighted by Crippen LogP contribution is 2.44. The molecule has 150 valence electrons. The van der Waals surface area contributed by atoms with Crippen molar-refractivity contribution in [1.29, 1.82) is 0 Å². The second-order valence-corrected chi connectivity index (χ2v) is 7.68. The quantitative estimate of drug-likeness (QED) is 0.233. The monoisotopic (exact) mass is 469 g/mol. The van der Waals surface area contributed by atoms with Crippen LogP contribution in [-0.4, -0.2) is 51.0 Å². The van der Waals surface area contributed by atoms with Gasteiger partial charge in [-0.15, -0.1) is 24.0 Å². The van der Waals surface area contributed by atoms with Gasteiger partial charge in [-0.05, 0) is 56.3 Å². The Morgan fingerprint density at radius 3 is 2.48 bits per heavy atom. The first kappa shape index (κ1) is 24.9. The Labute approximate surface area is 171 Å². The van der Waals surface area contributed by atoms with Crippen LogP contribution in [0.4, 0.5) is 0 Å². The number of nitrogens with one attached hydrogen (secondary N) is 2. The van der Waals surface area contributed by atoms with Crippen LogP contribution >= 0.6 is 24.0 Å². The summed E-state index contributed by atoms with van der Waals surface area (Å²) in [5.41, 5.74) is 0.348. The Bertz CT molecular complexity index is 361. The van der Waals surface area contributed by atoms with E-state index < -0.39 is 0 Å². The van der Waals surface area contributed by atoms with E-state index in [4.69, 9.17) is 9.73 Å². The maximum absolute atomic E-state index is 9.26. The number of methoxy groups -OCH3 is 1. The van der Waals surface area contributed by atoms with Crippen molar-refractivity contribution >= 4 is 29.9 Å². The van der Waals surface area contributed by atoms with Crippen molar-refractivity contribution in [3.63, 3.8) is 0 Å². The predicted molar refractivity (Wildman–Crippen MR) is 117 cm³/mol. The van der Waals surface area contributed by atoms with Crippen LogP contribution < -0.4 is 10.6 Å². The van der Waals surface area contributed by atoms with Crippen LogP contribution in [-0.2, 0) is 4.74 Å². The number of hydrogen-bond acceptors (Lipinski definition) is 3. The van der Waals surface area contributed by atoms with Crippen molar-refractivity contribution < 1.29 is 9.84 Å². The van der Waals surface area contributed by atoms with Crippen molar-refractivity contribution in [2.45, 2.75) is 59.3 Å². The molecule has 1 aliphatic rings. The van der Waals surface area contributed by atoms with Crippen LogP contribution in [0.3, 0.4) is 0 Å². The van der Waals surface area contributed by atoms with E-state index in [1.807, 2.05) is 0 Å². The van der Waals surface area contributed by atoms with E-state index in [0.29, 0.717) is 17.3 Å². The van der Waals surface area contributed by atoms with Gasteiger partial charge in [-0.2, -0.15) is 0 Å². The average Bonchev–Trinajstić information content (AvgIpc) is 2.50. The van der Waals surface area contributed by atoms with Gasteiger partial charge in [-0.3, -0.25) is 4.99 Å².